The Bertz CT molecular complexity index is 898. The van der Waals surface area contributed by atoms with Gasteiger partial charge in [0.2, 0.25) is 5.95 Å². The van der Waals surface area contributed by atoms with Gasteiger partial charge >= 0.3 is 0 Å². The van der Waals surface area contributed by atoms with Crippen LogP contribution in [0.3, 0.4) is 0 Å². The Morgan fingerprint density at radius 1 is 1.04 bits per heavy atom. The molecule has 0 amide bonds. The molecule has 3 rings (SSSR count). The summed E-state index contributed by atoms with van der Waals surface area (Å²) in [6.45, 7) is 3.62. The summed E-state index contributed by atoms with van der Waals surface area (Å²) in [7, 11) is 4.06. The maximum Gasteiger partial charge on any atom is 0.225 e. The molecular formula is C20H23ClN6. The summed E-state index contributed by atoms with van der Waals surface area (Å²) in [5.41, 5.74) is 3.71. The third-order valence-corrected chi connectivity index (χ3v) is 4.40. The monoisotopic (exact) mass is 382 g/mol. The summed E-state index contributed by atoms with van der Waals surface area (Å²) in [6, 6.07) is 11.6. The van der Waals surface area contributed by atoms with Crippen LogP contribution in [0.2, 0.25) is 5.02 Å². The van der Waals surface area contributed by atoms with Gasteiger partial charge in [0, 0.05) is 47.8 Å². The lowest BCUT2D eigenvalue weighted by Crippen LogP contribution is -2.21. The quantitative estimate of drug-likeness (QED) is 0.637. The number of anilines is 3. The highest BCUT2D eigenvalue weighted by Gasteiger charge is 2.08. The van der Waals surface area contributed by atoms with Gasteiger partial charge in [-0.15, -0.1) is 0 Å². The molecule has 0 spiro atoms. The Labute approximate surface area is 164 Å². The topological polar surface area (TPSA) is 66.0 Å². The van der Waals surface area contributed by atoms with Gasteiger partial charge in [0.25, 0.3) is 0 Å². The van der Waals surface area contributed by atoms with Gasteiger partial charge in [-0.05, 0) is 50.8 Å². The van der Waals surface area contributed by atoms with Crippen LogP contribution in [-0.2, 0) is 0 Å². The predicted molar refractivity (Wildman–Crippen MR) is 112 cm³/mol. The molecule has 2 N–H and O–H groups in total. The van der Waals surface area contributed by atoms with Crippen LogP contribution < -0.4 is 10.6 Å². The Morgan fingerprint density at radius 2 is 1.81 bits per heavy atom. The molecule has 1 aromatic carbocycles. The van der Waals surface area contributed by atoms with Crippen molar-refractivity contribution in [3.05, 3.63) is 59.4 Å². The summed E-state index contributed by atoms with van der Waals surface area (Å²) >= 11 is 6.24. The fourth-order valence-electron chi connectivity index (χ4n) is 2.47. The number of hydrogen-bond acceptors (Lipinski definition) is 6. The van der Waals surface area contributed by atoms with Gasteiger partial charge in [0.15, 0.2) is 0 Å². The van der Waals surface area contributed by atoms with E-state index >= 15 is 0 Å². The van der Waals surface area contributed by atoms with Gasteiger partial charge in [0.05, 0.1) is 5.69 Å². The fraction of sp³-hybridized carbons (Fsp3) is 0.250. The van der Waals surface area contributed by atoms with Crippen LogP contribution in [0.1, 0.15) is 5.56 Å². The number of hydrogen-bond donors (Lipinski definition) is 2. The van der Waals surface area contributed by atoms with Crippen LogP contribution in [0.4, 0.5) is 17.5 Å². The van der Waals surface area contributed by atoms with Crippen molar-refractivity contribution in [2.75, 3.05) is 37.8 Å². The number of nitrogens with zero attached hydrogens (tertiary/aromatic N) is 4. The first-order valence-corrected chi connectivity index (χ1v) is 9.10. The molecule has 0 radical (unpaired) electrons. The molecule has 3 aromatic rings. The van der Waals surface area contributed by atoms with Crippen molar-refractivity contribution in [1.29, 1.82) is 0 Å². The smallest absolute Gasteiger partial charge is 0.225 e. The van der Waals surface area contributed by atoms with E-state index in [-0.39, 0.29) is 0 Å². The van der Waals surface area contributed by atoms with E-state index in [9.17, 15) is 0 Å². The van der Waals surface area contributed by atoms with Crippen molar-refractivity contribution in [3.8, 4) is 11.3 Å². The van der Waals surface area contributed by atoms with E-state index in [1.54, 1.807) is 12.4 Å². The lowest BCUT2D eigenvalue weighted by molar-refractivity contribution is 0.425. The molecule has 27 heavy (non-hydrogen) atoms. The van der Waals surface area contributed by atoms with Crippen molar-refractivity contribution >= 4 is 29.1 Å². The first kappa shape index (κ1) is 19.1. The van der Waals surface area contributed by atoms with E-state index in [0.717, 1.165) is 35.6 Å². The van der Waals surface area contributed by atoms with E-state index in [2.05, 4.69) is 30.5 Å². The zero-order chi connectivity index (χ0) is 19.2. The molecule has 0 unspecified atom stereocenters. The average molecular weight is 383 g/mol. The minimum Gasteiger partial charge on any atom is -0.353 e. The lowest BCUT2D eigenvalue weighted by Gasteiger charge is -2.13. The summed E-state index contributed by atoms with van der Waals surface area (Å²) < 4.78 is 0. The SMILES string of the molecule is Cc1ccc(Nc2cc(-c3ccncc3)nc(NCCN(C)C)n2)cc1Cl. The van der Waals surface area contributed by atoms with Crippen molar-refractivity contribution in [1.82, 2.24) is 19.9 Å². The van der Waals surface area contributed by atoms with E-state index in [0.29, 0.717) is 16.8 Å². The van der Waals surface area contributed by atoms with Crippen LogP contribution >= 0.6 is 11.6 Å². The maximum absolute atomic E-state index is 6.24. The lowest BCUT2D eigenvalue weighted by atomic mass is 10.2. The second-order valence-electron chi connectivity index (χ2n) is 6.52. The molecule has 0 aliphatic heterocycles. The summed E-state index contributed by atoms with van der Waals surface area (Å²) in [5, 5.41) is 7.32. The van der Waals surface area contributed by atoms with Crippen LogP contribution in [0.25, 0.3) is 11.3 Å². The molecule has 2 aromatic heterocycles. The third kappa shape index (κ3) is 5.39. The van der Waals surface area contributed by atoms with Gasteiger partial charge in [0.1, 0.15) is 5.82 Å². The van der Waals surface area contributed by atoms with Gasteiger partial charge < -0.3 is 15.5 Å². The molecule has 0 saturated heterocycles. The highest BCUT2D eigenvalue weighted by molar-refractivity contribution is 6.31. The normalized spacial score (nSPS) is 10.9. The molecular weight excluding hydrogens is 360 g/mol. The standard InChI is InChI=1S/C20H23ClN6/c1-14-4-5-16(12-17(14)21)24-19-13-18(15-6-8-22-9-7-15)25-20(26-19)23-10-11-27(2)3/h4-9,12-13H,10-11H2,1-3H3,(H2,23,24,25,26). The zero-order valence-corrected chi connectivity index (χ0v) is 16.5. The molecule has 0 bridgehead atoms. The Hall–Kier alpha value is -2.70. The second-order valence-corrected chi connectivity index (χ2v) is 6.92. The van der Waals surface area contributed by atoms with Crippen LogP contribution in [0.5, 0.6) is 0 Å². The first-order chi connectivity index (χ1) is 13.0. The average Bonchev–Trinajstić information content (AvgIpc) is 2.65. The molecule has 0 saturated carbocycles. The number of likely N-dealkylation sites (N-methyl/N-ethyl adjacent to an activating group) is 1. The summed E-state index contributed by atoms with van der Waals surface area (Å²) in [4.78, 5) is 15.4. The molecule has 0 fully saturated rings. The van der Waals surface area contributed by atoms with Crippen LogP contribution in [0.15, 0.2) is 48.8 Å². The van der Waals surface area contributed by atoms with Crippen LogP contribution in [-0.4, -0.2) is 47.0 Å². The second kappa shape index (κ2) is 8.79. The van der Waals surface area contributed by atoms with Gasteiger partial charge in [-0.2, -0.15) is 4.98 Å². The number of pyridine rings is 1. The van der Waals surface area contributed by atoms with E-state index < -0.39 is 0 Å². The first-order valence-electron chi connectivity index (χ1n) is 8.72. The van der Waals surface area contributed by atoms with E-state index in [1.807, 2.05) is 57.4 Å². The van der Waals surface area contributed by atoms with Crippen molar-refractivity contribution < 1.29 is 0 Å². The highest BCUT2D eigenvalue weighted by Crippen LogP contribution is 2.25. The van der Waals surface area contributed by atoms with Gasteiger partial charge in [-0.25, -0.2) is 4.98 Å². The number of nitrogens with one attached hydrogen (secondary N) is 2. The third-order valence-electron chi connectivity index (χ3n) is 3.99. The zero-order valence-electron chi connectivity index (χ0n) is 15.7. The summed E-state index contributed by atoms with van der Waals surface area (Å²) in [6.07, 6.45) is 3.51. The van der Waals surface area contributed by atoms with Crippen molar-refractivity contribution in [3.63, 3.8) is 0 Å². The largest absolute Gasteiger partial charge is 0.353 e. The maximum atomic E-state index is 6.24. The number of halogens is 1. The molecule has 140 valence electrons. The minimum atomic E-state index is 0.576. The van der Waals surface area contributed by atoms with Gasteiger partial charge in [-0.1, -0.05) is 17.7 Å². The number of benzene rings is 1. The number of aromatic nitrogens is 3. The molecule has 7 heteroatoms. The molecule has 2 heterocycles. The fourth-order valence-corrected chi connectivity index (χ4v) is 2.65. The highest BCUT2D eigenvalue weighted by atomic mass is 35.5. The minimum absolute atomic E-state index is 0.576. The number of rotatable bonds is 7. The van der Waals surface area contributed by atoms with E-state index in [4.69, 9.17) is 11.6 Å². The summed E-state index contributed by atoms with van der Waals surface area (Å²) in [5.74, 6) is 1.27. The van der Waals surface area contributed by atoms with Gasteiger partial charge in [-0.3, -0.25) is 4.98 Å². The molecule has 6 nitrogen and oxygen atoms in total. The van der Waals surface area contributed by atoms with Crippen molar-refractivity contribution in [2.45, 2.75) is 6.92 Å². The Kier molecular flexibility index (Phi) is 6.21. The molecule has 0 atom stereocenters. The van der Waals surface area contributed by atoms with Crippen LogP contribution in [0, 0.1) is 6.92 Å². The number of aryl methyl sites for hydroxylation is 1. The van der Waals surface area contributed by atoms with E-state index in [1.165, 1.54) is 0 Å². The molecule has 0 aliphatic rings. The predicted octanol–water partition coefficient (Wildman–Crippen LogP) is 4.22. The Morgan fingerprint density at radius 3 is 2.52 bits per heavy atom. The van der Waals surface area contributed by atoms with Crippen molar-refractivity contribution in [2.24, 2.45) is 0 Å². The Balaban J connectivity index is 1.90. The molecule has 0 aliphatic carbocycles.